The lowest BCUT2D eigenvalue weighted by molar-refractivity contribution is 0.221. The van der Waals surface area contributed by atoms with E-state index in [1.807, 2.05) is 13.8 Å². The van der Waals surface area contributed by atoms with Crippen LogP contribution in [0.25, 0.3) is 0 Å². The molecule has 1 fully saturated rings. The van der Waals surface area contributed by atoms with Gasteiger partial charge in [-0.05, 0) is 38.6 Å². The largest absolute Gasteiger partial charge is 0.314 e. The van der Waals surface area contributed by atoms with Crippen LogP contribution in [-0.4, -0.2) is 55.8 Å². The molecule has 1 rings (SSSR count). The van der Waals surface area contributed by atoms with Crippen LogP contribution in [-0.2, 0) is 10.2 Å². The first-order valence-corrected chi connectivity index (χ1v) is 9.35. The normalized spacial score (nSPS) is 20.4. The summed E-state index contributed by atoms with van der Waals surface area (Å²) in [5.41, 5.74) is 0. The summed E-state index contributed by atoms with van der Waals surface area (Å²) in [5.74, 6) is 0.588. The van der Waals surface area contributed by atoms with Crippen molar-refractivity contribution in [1.82, 2.24) is 13.9 Å². The number of hydrogen-bond donors (Lipinski definition) is 1. The SMILES string of the molecule is CCCNC(C)C1CCN(S(=O)(=O)N(CC)CC)CC1. The van der Waals surface area contributed by atoms with E-state index in [9.17, 15) is 8.42 Å². The Bertz CT molecular complexity index is 361. The molecule has 0 bridgehead atoms. The molecule has 0 aromatic rings. The summed E-state index contributed by atoms with van der Waals surface area (Å²) < 4.78 is 28.1. The van der Waals surface area contributed by atoms with Crippen LogP contribution in [0.3, 0.4) is 0 Å². The van der Waals surface area contributed by atoms with Gasteiger partial charge in [0.15, 0.2) is 0 Å². The molecule has 0 aliphatic carbocycles. The zero-order valence-corrected chi connectivity index (χ0v) is 14.2. The number of piperidine rings is 1. The lowest BCUT2D eigenvalue weighted by Crippen LogP contribution is -2.49. The van der Waals surface area contributed by atoms with Crippen molar-refractivity contribution in [2.24, 2.45) is 5.92 Å². The van der Waals surface area contributed by atoms with Gasteiger partial charge in [-0.15, -0.1) is 0 Å². The molecule has 1 unspecified atom stereocenters. The minimum atomic E-state index is -3.24. The van der Waals surface area contributed by atoms with Crippen molar-refractivity contribution in [2.45, 2.75) is 53.0 Å². The van der Waals surface area contributed by atoms with E-state index in [0.717, 1.165) is 25.8 Å². The molecule has 0 radical (unpaired) electrons. The third-order valence-corrected chi connectivity index (χ3v) is 6.47. The second kappa shape index (κ2) is 8.32. The van der Waals surface area contributed by atoms with Crippen molar-refractivity contribution in [3.05, 3.63) is 0 Å². The smallest absolute Gasteiger partial charge is 0.281 e. The summed E-state index contributed by atoms with van der Waals surface area (Å²) in [4.78, 5) is 0. The van der Waals surface area contributed by atoms with Crippen LogP contribution in [0.1, 0.15) is 47.0 Å². The molecular weight excluding hydrogens is 274 g/mol. The van der Waals surface area contributed by atoms with Gasteiger partial charge in [0.25, 0.3) is 10.2 Å². The van der Waals surface area contributed by atoms with Gasteiger partial charge >= 0.3 is 0 Å². The number of nitrogens with zero attached hydrogens (tertiary/aromatic N) is 2. The lowest BCUT2D eigenvalue weighted by Gasteiger charge is -2.36. The van der Waals surface area contributed by atoms with E-state index >= 15 is 0 Å². The quantitative estimate of drug-likeness (QED) is 0.742. The average Bonchev–Trinajstić information content (AvgIpc) is 2.46. The predicted molar refractivity (Wildman–Crippen MR) is 83.9 cm³/mol. The summed E-state index contributed by atoms with van der Waals surface area (Å²) in [5, 5.41) is 3.52. The molecule has 1 saturated heterocycles. The topological polar surface area (TPSA) is 52.7 Å². The Morgan fingerprint density at radius 1 is 1.20 bits per heavy atom. The zero-order valence-electron chi connectivity index (χ0n) is 13.4. The van der Waals surface area contributed by atoms with E-state index in [-0.39, 0.29) is 0 Å². The highest BCUT2D eigenvalue weighted by Gasteiger charge is 2.32. The Morgan fingerprint density at radius 3 is 2.20 bits per heavy atom. The molecule has 120 valence electrons. The highest BCUT2D eigenvalue weighted by Crippen LogP contribution is 2.23. The van der Waals surface area contributed by atoms with Crippen LogP contribution in [0.4, 0.5) is 0 Å². The fraction of sp³-hybridized carbons (Fsp3) is 1.00. The van der Waals surface area contributed by atoms with Gasteiger partial charge in [0.2, 0.25) is 0 Å². The third kappa shape index (κ3) is 4.41. The average molecular weight is 305 g/mol. The van der Waals surface area contributed by atoms with E-state index in [4.69, 9.17) is 0 Å². The lowest BCUT2D eigenvalue weighted by atomic mass is 9.91. The van der Waals surface area contributed by atoms with Crippen molar-refractivity contribution in [1.29, 1.82) is 0 Å². The molecule has 0 aromatic carbocycles. The Morgan fingerprint density at radius 2 is 1.75 bits per heavy atom. The Balaban J connectivity index is 2.53. The predicted octanol–water partition coefficient (Wildman–Crippen LogP) is 1.67. The molecule has 0 aromatic heterocycles. The van der Waals surface area contributed by atoms with Crippen molar-refractivity contribution in [3.8, 4) is 0 Å². The summed E-state index contributed by atoms with van der Waals surface area (Å²) in [6.45, 7) is 11.6. The van der Waals surface area contributed by atoms with Crippen LogP contribution >= 0.6 is 0 Å². The summed E-state index contributed by atoms with van der Waals surface area (Å²) >= 11 is 0. The molecule has 0 amide bonds. The molecule has 1 aliphatic rings. The first-order chi connectivity index (χ1) is 9.47. The van der Waals surface area contributed by atoms with Gasteiger partial charge in [-0.25, -0.2) is 0 Å². The number of rotatable bonds is 8. The van der Waals surface area contributed by atoms with Gasteiger partial charge < -0.3 is 5.32 Å². The monoisotopic (exact) mass is 305 g/mol. The highest BCUT2D eigenvalue weighted by molar-refractivity contribution is 7.86. The molecule has 5 nitrogen and oxygen atoms in total. The maximum Gasteiger partial charge on any atom is 0.281 e. The molecule has 6 heteroatoms. The van der Waals surface area contributed by atoms with Gasteiger partial charge in [-0.3, -0.25) is 0 Å². The van der Waals surface area contributed by atoms with Gasteiger partial charge in [-0.1, -0.05) is 20.8 Å². The van der Waals surface area contributed by atoms with Crippen molar-refractivity contribution in [2.75, 3.05) is 32.7 Å². The zero-order chi connectivity index (χ0) is 15.2. The van der Waals surface area contributed by atoms with Crippen LogP contribution in [0.15, 0.2) is 0 Å². The molecule has 0 spiro atoms. The van der Waals surface area contributed by atoms with E-state index in [0.29, 0.717) is 38.1 Å². The van der Waals surface area contributed by atoms with Gasteiger partial charge in [0.1, 0.15) is 0 Å². The fourth-order valence-corrected chi connectivity index (χ4v) is 4.51. The number of nitrogens with one attached hydrogen (secondary N) is 1. The highest BCUT2D eigenvalue weighted by atomic mass is 32.2. The molecule has 20 heavy (non-hydrogen) atoms. The van der Waals surface area contributed by atoms with Gasteiger partial charge in [-0.2, -0.15) is 17.0 Å². The van der Waals surface area contributed by atoms with Crippen LogP contribution < -0.4 is 5.32 Å². The molecule has 1 N–H and O–H groups in total. The van der Waals surface area contributed by atoms with Crippen molar-refractivity contribution < 1.29 is 8.42 Å². The van der Waals surface area contributed by atoms with Crippen molar-refractivity contribution >= 4 is 10.2 Å². The van der Waals surface area contributed by atoms with Gasteiger partial charge in [0.05, 0.1) is 0 Å². The van der Waals surface area contributed by atoms with E-state index < -0.39 is 10.2 Å². The van der Waals surface area contributed by atoms with E-state index in [1.54, 1.807) is 8.61 Å². The summed E-state index contributed by atoms with van der Waals surface area (Å²) in [7, 11) is -3.24. The minimum absolute atomic E-state index is 0.480. The van der Waals surface area contributed by atoms with E-state index in [2.05, 4.69) is 19.2 Å². The van der Waals surface area contributed by atoms with Gasteiger partial charge in [0, 0.05) is 32.2 Å². The van der Waals surface area contributed by atoms with Crippen LogP contribution in [0.2, 0.25) is 0 Å². The maximum atomic E-state index is 12.4. The standard InChI is InChI=1S/C14H31N3O2S/c1-5-10-15-13(4)14-8-11-17(12-9-14)20(18,19)16(6-2)7-3/h13-15H,5-12H2,1-4H3. The summed E-state index contributed by atoms with van der Waals surface area (Å²) in [6.07, 6.45) is 3.05. The number of hydrogen-bond acceptors (Lipinski definition) is 3. The minimum Gasteiger partial charge on any atom is -0.314 e. The maximum absolute atomic E-state index is 12.4. The second-order valence-corrected chi connectivity index (χ2v) is 7.50. The third-order valence-electron chi connectivity index (χ3n) is 4.28. The van der Waals surface area contributed by atoms with Crippen LogP contribution in [0.5, 0.6) is 0 Å². The first kappa shape index (κ1) is 17.9. The Kier molecular flexibility index (Phi) is 7.43. The Hall–Kier alpha value is -0.170. The van der Waals surface area contributed by atoms with E-state index in [1.165, 1.54) is 0 Å². The molecular formula is C14H31N3O2S. The Labute approximate surface area is 124 Å². The molecule has 1 heterocycles. The van der Waals surface area contributed by atoms with Crippen molar-refractivity contribution in [3.63, 3.8) is 0 Å². The second-order valence-electron chi connectivity index (χ2n) is 5.57. The first-order valence-electron chi connectivity index (χ1n) is 7.95. The molecule has 1 atom stereocenters. The van der Waals surface area contributed by atoms with Crippen LogP contribution in [0, 0.1) is 5.92 Å². The molecule has 1 aliphatic heterocycles. The fourth-order valence-electron chi connectivity index (χ4n) is 2.86. The molecule has 0 saturated carbocycles. The summed E-state index contributed by atoms with van der Waals surface area (Å²) in [6, 6.07) is 0.480.